The van der Waals surface area contributed by atoms with Gasteiger partial charge in [0.05, 0.1) is 0 Å². The first-order valence-corrected chi connectivity index (χ1v) is 21.2. The zero-order valence-corrected chi connectivity index (χ0v) is 28.5. The zero-order chi connectivity index (χ0) is 30.8. The van der Waals surface area contributed by atoms with Gasteiger partial charge in [0.15, 0.2) is 0 Å². The average molecular weight is 703 g/mol. The summed E-state index contributed by atoms with van der Waals surface area (Å²) in [5.41, 5.74) is 5.16. The minimum absolute atomic E-state index is 0.551. The van der Waals surface area contributed by atoms with E-state index in [0.717, 1.165) is 65.5 Å². The third-order valence-corrected chi connectivity index (χ3v) is 6.14. The van der Waals surface area contributed by atoms with Gasteiger partial charge in [0.2, 0.25) is 0 Å². The monoisotopic (exact) mass is 700 g/mol. The van der Waals surface area contributed by atoms with Crippen molar-refractivity contribution in [1.82, 2.24) is 0 Å². The molecule has 6 aromatic carbocycles. The Kier molecular flexibility index (Phi) is 13.3. The maximum absolute atomic E-state index is 13.3. The molecule has 0 N–H and O–H groups in total. The summed E-state index contributed by atoms with van der Waals surface area (Å²) in [4.78, 5) is 0. The van der Waals surface area contributed by atoms with Gasteiger partial charge in [0.25, 0.3) is 0 Å². The molecule has 42 heavy (non-hydrogen) atoms. The van der Waals surface area contributed by atoms with E-state index in [1.807, 2.05) is 62.4 Å². The zero-order valence-electron chi connectivity index (χ0n) is 23.5. The van der Waals surface area contributed by atoms with Crippen LogP contribution in [-0.4, -0.2) is 9.52 Å². The van der Waals surface area contributed by atoms with E-state index in [0.29, 0.717) is 11.1 Å². The minimum atomic E-state index is -0.826. The second kappa shape index (κ2) is 16.4. The Morgan fingerprint density at radius 2 is 0.881 bits per heavy atom. The second-order valence-corrected chi connectivity index (χ2v) is 14.3. The van der Waals surface area contributed by atoms with Crippen molar-refractivity contribution in [2.75, 3.05) is 0 Å². The van der Waals surface area contributed by atoms with Crippen LogP contribution < -0.4 is 0 Å². The molecule has 6 rings (SSSR count). The second-order valence-electron chi connectivity index (χ2n) is 9.57. The molecule has 0 atom stereocenters. The average Bonchev–Trinajstić information content (AvgIpc) is 3.49. The Labute approximate surface area is 265 Å². The first kappa shape index (κ1) is 34.0. The Morgan fingerprint density at radius 1 is 0.571 bits per heavy atom. The predicted octanol–water partition coefficient (Wildman–Crippen LogP) is 11.8. The molecular formula is C34H28Cl2F4SiZr. The van der Waals surface area contributed by atoms with Gasteiger partial charge in [-0.3, -0.25) is 0 Å². The van der Waals surface area contributed by atoms with Crippen molar-refractivity contribution in [3.63, 3.8) is 0 Å². The van der Waals surface area contributed by atoms with Crippen LogP contribution in [-0.2, 0) is 20.8 Å². The van der Waals surface area contributed by atoms with Crippen LogP contribution >= 0.6 is 17.0 Å². The standard InChI is InChI=1S/2C16H11F2.C2H6Si.2ClH.Zr/c2*1-10-5-11-3-2-4-15(16(11)6-10)12-7-13(17)9-14(18)8-12;1-3-2;;;/h2*2-9H,1H3;1-2H3;2*1H;/q2*-1;;;;+4/p-2. The van der Waals surface area contributed by atoms with Crippen LogP contribution in [0, 0.1) is 37.1 Å². The third kappa shape index (κ3) is 9.25. The summed E-state index contributed by atoms with van der Waals surface area (Å²) in [7, 11) is 11.0. The fourth-order valence-electron chi connectivity index (χ4n) is 4.69. The number of halogens is 6. The van der Waals surface area contributed by atoms with Gasteiger partial charge >= 0.3 is 37.9 Å². The first-order valence-electron chi connectivity index (χ1n) is 12.9. The summed E-state index contributed by atoms with van der Waals surface area (Å²) >= 11 is -0.826. The molecule has 214 valence electrons. The molecule has 0 spiro atoms. The molecule has 0 aromatic heterocycles. The summed E-state index contributed by atoms with van der Waals surface area (Å²) in [6, 6.07) is 27.0. The van der Waals surface area contributed by atoms with Gasteiger partial charge in [-0.25, -0.2) is 17.6 Å². The molecule has 0 aliphatic rings. The summed E-state index contributed by atoms with van der Waals surface area (Å²) in [6.07, 6.45) is 0. The van der Waals surface area contributed by atoms with E-state index in [1.165, 1.54) is 24.3 Å². The molecule has 0 fully saturated rings. The molecule has 0 nitrogen and oxygen atoms in total. The number of benzene rings is 4. The van der Waals surface area contributed by atoms with E-state index < -0.39 is 44.1 Å². The molecule has 2 radical (unpaired) electrons. The number of aryl methyl sites for hydroxylation is 2. The first-order chi connectivity index (χ1) is 20.1. The van der Waals surface area contributed by atoms with E-state index in [4.69, 9.17) is 17.0 Å². The van der Waals surface area contributed by atoms with Gasteiger partial charge in [-0.05, 0) is 35.4 Å². The third-order valence-electron chi connectivity index (χ3n) is 6.14. The summed E-state index contributed by atoms with van der Waals surface area (Å²) in [6.45, 7) is 8.33. The van der Waals surface area contributed by atoms with Crippen molar-refractivity contribution in [2.45, 2.75) is 26.9 Å². The molecule has 0 aliphatic heterocycles. The Bertz CT molecular complexity index is 1590. The SMILES string of the molecule is C[Si]C.Cc1cc2c(-c3cc(F)cc(F)c3)cccc2[cH-]1.Cc1cc2c(-c3cc(F)cc(F)c3)cccc2[cH-]1.[Cl][Zr+2][Cl]. The van der Waals surface area contributed by atoms with Gasteiger partial charge in [-0.15, -0.1) is 69.1 Å². The predicted molar refractivity (Wildman–Crippen MR) is 168 cm³/mol. The molecule has 0 amide bonds. The molecule has 0 bridgehead atoms. The van der Waals surface area contributed by atoms with Crippen molar-refractivity contribution >= 4 is 48.1 Å². The van der Waals surface area contributed by atoms with Crippen LogP contribution in [0.5, 0.6) is 0 Å². The number of hydrogen-bond acceptors (Lipinski definition) is 0. The maximum atomic E-state index is 13.3. The molecule has 0 aliphatic carbocycles. The van der Waals surface area contributed by atoms with Crippen LogP contribution in [0.4, 0.5) is 17.6 Å². The fourth-order valence-corrected chi connectivity index (χ4v) is 4.69. The van der Waals surface area contributed by atoms with Crippen molar-refractivity contribution in [2.24, 2.45) is 0 Å². The van der Waals surface area contributed by atoms with Crippen molar-refractivity contribution in [3.05, 3.63) is 131 Å². The summed E-state index contributed by atoms with van der Waals surface area (Å²) in [5.74, 6) is -2.20. The molecule has 0 saturated heterocycles. The Hall–Kier alpha value is -2.50. The van der Waals surface area contributed by atoms with Crippen LogP contribution in [0.2, 0.25) is 13.1 Å². The number of fused-ring (bicyclic) bond motifs is 2. The van der Waals surface area contributed by atoms with Gasteiger partial charge < -0.3 is 0 Å². The number of rotatable bonds is 2. The van der Waals surface area contributed by atoms with Gasteiger partial charge in [-0.2, -0.15) is 12.1 Å². The van der Waals surface area contributed by atoms with E-state index in [-0.39, 0.29) is 0 Å². The molecule has 0 unspecified atom stereocenters. The van der Waals surface area contributed by atoms with Crippen LogP contribution in [0.3, 0.4) is 0 Å². The van der Waals surface area contributed by atoms with E-state index in [9.17, 15) is 17.6 Å². The van der Waals surface area contributed by atoms with Crippen LogP contribution in [0.15, 0.2) is 97.1 Å². The van der Waals surface area contributed by atoms with Gasteiger partial charge in [0.1, 0.15) is 23.3 Å². The normalized spacial score (nSPS) is 10.1. The van der Waals surface area contributed by atoms with Gasteiger partial charge in [-0.1, -0.05) is 50.2 Å². The topological polar surface area (TPSA) is 0 Å². The van der Waals surface area contributed by atoms with Crippen molar-refractivity contribution in [1.29, 1.82) is 0 Å². The van der Waals surface area contributed by atoms with E-state index in [1.54, 1.807) is 0 Å². The van der Waals surface area contributed by atoms with E-state index in [2.05, 4.69) is 25.2 Å². The molecule has 0 saturated carbocycles. The summed E-state index contributed by atoms with van der Waals surface area (Å²) < 4.78 is 53.1. The quantitative estimate of drug-likeness (QED) is 0.0957. The summed E-state index contributed by atoms with van der Waals surface area (Å²) in [5, 5.41) is 4.24. The van der Waals surface area contributed by atoms with E-state index >= 15 is 0 Å². The van der Waals surface area contributed by atoms with Gasteiger partial charge in [0, 0.05) is 21.7 Å². The molecule has 6 aromatic rings. The number of hydrogen-bond donors (Lipinski definition) is 0. The molecule has 8 heteroatoms. The molecular weight excluding hydrogens is 675 g/mol. The fraction of sp³-hybridized carbons (Fsp3) is 0.118. The Morgan fingerprint density at radius 3 is 1.19 bits per heavy atom. The van der Waals surface area contributed by atoms with Crippen molar-refractivity contribution in [3.8, 4) is 22.3 Å². The molecule has 0 heterocycles. The van der Waals surface area contributed by atoms with Crippen LogP contribution in [0.1, 0.15) is 11.1 Å². The Balaban J connectivity index is 0.000000195. The van der Waals surface area contributed by atoms with Crippen molar-refractivity contribution < 1.29 is 38.4 Å². The van der Waals surface area contributed by atoms with Crippen LogP contribution in [0.25, 0.3) is 43.8 Å².